The highest BCUT2D eigenvalue weighted by Crippen LogP contribution is 2.22. The van der Waals surface area contributed by atoms with E-state index in [4.69, 9.17) is 9.84 Å². The summed E-state index contributed by atoms with van der Waals surface area (Å²) in [6.45, 7) is 6.88. The third-order valence-electron chi connectivity index (χ3n) is 3.39. The highest BCUT2D eigenvalue weighted by Gasteiger charge is 2.38. The maximum absolute atomic E-state index is 12.6. The van der Waals surface area contributed by atoms with E-state index in [1.54, 1.807) is 11.9 Å². The van der Waals surface area contributed by atoms with Gasteiger partial charge >= 0.3 is 5.97 Å². The minimum Gasteiger partial charge on any atom is -0.481 e. The van der Waals surface area contributed by atoms with Crippen molar-refractivity contribution < 1.29 is 19.4 Å². The molecule has 6 nitrogen and oxygen atoms in total. The van der Waals surface area contributed by atoms with Crippen LogP contribution in [0.25, 0.3) is 0 Å². The number of carboxylic acid groups (broad SMARTS) is 1. The second kappa shape index (κ2) is 6.34. The molecule has 0 aromatic rings. The lowest BCUT2D eigenvalue weighted by Crippen LogP contribution is -2.52. The van der Waals surface area contributed by atoms with Crippen LogP contribution in [0.15, 0.2) is 0 Å². The van der Waals surface area contributed by atoms with Crippen molar-refractivity contribution in [2.24, 2.45) is 5.92 Å². The average Bonchev–Trinajstić information content (AvgIpc) is 2.74. The van der Waals surface area contributed by atoms with Gasteiger partial charge in [0.25, 0.3) is 0 Å². The molecule has 0 saturated carbocycles. The Bertz CT molecular complexity index is 338. The standard InChI is InChI=1S/C13H24N2O4/c1-13(2,3)15(6-5-11(16)17)12(18)9-7-19-8-10(9)14-4/h9-10,14H,5-8H2,1-4H3,(H,16,17). The first-order chi connectivity index (χ1) is 8.77. The summed E-state index contributed by atoms with van der Waals surface area (Å²) < 4.78 is 5.34. The van der Waals surface area contributed by atoms with E-state index < -0.39 is 11.5 Å². The number of ether oxygens (including phenoxy) is 1. The van der Waals surface area contributed by atoms with E-state index in [9.17, 15) is 9.59 Å². The van der Waals surface area contributed by atoms with Gasteiger partial charge in [0.05, 0.1) is 25.6 Å². The summed E-state index contributed by atoms with van der Waals surface area (Å²) in [7, 11) is 1.80. The molecule has 1 aliphatic rings. The van der Waals surface area contributed by atoms with Crippen LogP contribution >= 0.6 is 0 Å². The molecule has 2 N–H and O–H groups in total. The summed E-state index contributed by atoms with van der Waals surface area (Å²) in [5.41, 5.74) is -0.395. The molecule has 0 spiro atoms. The Hall–Kier alpha value is -1.14. The van der Waals surface area contributed by atoms with E-state index in [0.717, 1.165) is 0 Å². The van der Waals surface area contributed by atoms with Crippen LogP contribution in [-0.4, -0.2) is 60.3 Å². The quantitative estimate of drug-likeness (QED) is 0.753. The summed E-state index contributed by atoms with van der Waals surface area (Å²) in [4.78, 5) is 25.0. The summed E-state index contributed by atoms with van der Waals surface area (Å²) in [6.07, 6.45) is -0.0409. The number of rotatable bonds is 5. The lowest BCUT2D eigenvalue weighted by molar-refractivity contribution is -0.143. The smallest absolute Gasteiger partial charge is 0.305 e. The number of carboxylic acids is 1. The number of aliphatic carboxylic acids is 1. The van der Waals surface area contributed by atoms with Crippen LogP contribution in [0.2, 0.25) is 0 Å². The SMILES string of the molecule is CNC1COCC1C(=O)N(CCC(=O)O)C(C)(C)C. The van der Waals surface area contributed by atoms with E-state index in [-0.39, 0.29) is 30.8 Å². The lowest BCUT2D eigenvalue weighted by atomic mass is 9.97. The van der Waals surface area contributed by atoms with Gasteiger partial charge in [-0.25, -0.2) is 0 Å². The molecule has 0 aromatic carbocycles. The lowest BCUT2D eigenvalue weighted by Gasteiger charge is -2.37. The molecule has 19 heavy (non-hydrogen) atoms. The Balaban J connectivity index is 2.79. The maximum atomic E-state index is 12.6. The van der Waals surface area contributed by atoms with Crippen LogP contribution in [0.1, 0.15) is 27.2 Å². The van der Waals surface area contributed by atoms with Gasteiger partial charge in [-0.2, -0.15) is 0 Å². The van der Waals surface area contributed by atoms with Gasteiger partial charge in [0.1, 0.15) is 0 Å². The highest BCUT2D eigenvalue weighted by atomic mass is 16.5. The van der Waals surface area contributed by atoms with Crippen LogP contribution in [-0.2, 0) is 14.3 Å². The molecule has 1 fully saturated rings. The van der Waals surface area contributed by atoms with Crippen molar-refractivity contribution in [3.05, 3.63) is 0 Å². The molecule has 1 aliphatic heterocycles. The topological polar surface area (TPSA) is 78.9 Å². The Morgan fingerprint density at radius 1 is 1.37 bits per heavy atom. The number of likely N-dealkylation sites (N-methyl/N-ethyl adjacent to an activating group) is 1. The van der Waals surface area contributed by atoms with Gasteiger partial charge in [-0.15, -0.1) is 0 Å². The fourth-order valence-electron chi connectivity index (χ4n) is 2.27. The molecule has 0 aliphatic carbocycles. The summed E-state index contributed by atoms with van der Waals surface area (Å²) in [6, 6.07) is 0.00202. The van der Waals surface area contributed by atoms with Crippen LogP contribution in [0, 0.1) is 5.92 Å². The predicted octanol–water partition coefficient (Wildman–Crippen LogP) is 0.323. The number of carbonyl (C=O) groups excluding carboxylic acids is 1. The molecule has 0 bridgehead atoms. The molecule has 0 aromatic heterocycles. The Morgan fingerprint density at radius 2 is 2.00 bits per heavy atom. The second-order valence-electron chi connectivity index (χ2n) is 5.84. The van der Waals surface area contributed by atoms with Crippen molar-refractivity contribution >= 4 is 11.9 Å². The first-order valence-electron chi connectivity index (χ1n) is 6.55. The molecule has 1 rings (SSSR count). The zero-order valence-electron chi connectivity index (χ0n) is 12.1. The van der Waals surface area contributed by atoms with E-state index in [0.29, 0.717) is 13.2 Å². The second-order valence-corrected chi connectivity index (χ2v) is 5.84. The number of nitrogens with zero attached hydrogens (tertiary/aromatic N) is 1. The minimum atomic E-state index is -0.894. The summed E-state index contributed by atoms with van der Waals surface area (Å²) in [5.74, 6) is -1.17. The molecule has 1 amide bonds. The molecular weight excluding hydrogens is 248 g/mol. The van der Waals surface area contributed by atoms with Gasteiger partial charge in [-0.05, 0) is 27.8 Å². The zero-order valence-corrected chi connectivity index (χ0v) is 12.1. The third kappa shape index (κ3) is 4.18. The molecule has 110 valence electrons. The largest absolute Gasteiger partial charge is 0.481 e. The van der Waals surface area contributed by atoms with Gasteiger partial charge in [0.2, 0.25) is 5.91 Å². The monoisotopic (exact) mass is 272 g/mol. The van der Waals surface area contributed by atoms with Crippen LogP contribution in [0.4, 0.5) is 0 Å². The van der Waals surface area contributed by atoms with E-state index in [1.165, 1.54) is 0 Å². The predicted molar refractivity (Wildman–Crippen MR) is 70.9 cm³/mol. The van der Waals surface area contributed by atoms with Crippen LogP contribution < -0.4 is 5.32 Å². The highest BCUT2D eigenvalue weighted by molar-refractivity contribution is 5.81. The Morgan fingerprint density at radius 3 is 2.47 bits per heavy atom. The van der Waals surface area contributed by atoms with Crippen LogP contribution in [0.3, 0.4) is 0 Å². The summed E-state index contributed by atoms with van der Waals surface area (Å²) >= 11 is 0. The number of hydrogen-bond acceptors (Lipinski definition) is 4. The first kappa shape index (κ1) is 15.9. The van der Waals surface area contributed by atoms with E-state index >= 15 is 0 Å². The van der Waals surface area contributed by atoms with Gasteiger partial charge in [0.15, 0.2) is 0 Å². The minimum absolute atomic E-state index is 0.00202. The molecule has 2 atom stereocenters. The third-order valence-corrected chi connectivity index (χ3v) is 3.39. The van der Waals surface area contributed by atoms with Crippen molar-refractivity contribution in [1.82, 2.24) is 10.2 Å². The first-order valence-corrected chi connectivity index (χ1v) is 6.55. The Labute approximate surface area is 114 Å². The average molecular weight is 272 g/mol. The number of amides is 1. The number of hydrogen-bond donors (Lipinski definition) is 2. The fourth-order valence-corrected chi connectivity index (χ4v) is 2.27. The van der Waals surface area contributed by atoms with Crippen molar-refractivity contribution in [2.45, 2.75) is 38.8 Å². The van der Waals surface area contributed by atoms with Gasteiger partial charge in [-0.3, -0.25) is 9.59 Å². The van der Waals surface area contributed by atoms with Crippen molar-refractivity contribution in [3.8, 4) is 0 Å². The number of carbonyl (C=O) groups is 2. The molecule has 1 heterocycles. The maximum Gasteiger partial charge on any atom is 0.305 e. The van der Waals surface area contributed by atoms with Gasteiger partial charge < -0.3 is 20.1 Å². The Kier molecular flexibility index (Phi) is 5.31. The molecule has 1 saturated heterocycles. The molecular formula is C13H24N2O4. The van der Waals surface area contributed by atoms with E-state index in [1.807, 2.05) is 20.8 Å². The summed E-state index contributed by atoms with van der Waals surface area (Å²) in [5, 5.41) is 11.9. The zero-order chi connectivity index (χ0) is 14.6. The van der Waals surface area contributed by atoms with Crippen molar-refractivity contribution in [1.29, 1.82) is 0 Å². The normalized spacial score (nSPS) is 23.4. The fraction of sp³-hybridized carbons (Fsp3) is 0.846. The van der Waals surface area contributed by atoms with Gasteiger partial charge in [0, 0.05) is 18.1 Å². The van der Waals surface area contributed by atoms with E-state index in [2.05, 4.69) is 5.32 Å². The van der Waals surface area contributed by atoms with Crippen molar-refractivity contribution in [2.75, 3.05) is 26.8 Å². The molecule has 6 heteroatoms. The number of nitrogens with one attached hydrogen (secondary N) is 1. The molecule has 0 radical (unpaired) electrons. The van der Waals surface area contributed by atoms with Crippen molar-refractivity contribution in [3.63, 3.8) is 0 Å². The van der Waals surface area contributed by atoms with Gasteiger partial charge in [-0.1, -0.05) is 0 Å². The molecule has 2 unspecified atom stereocenters. The van der Waals surface area contributed by atoms with Crippen LogP contribution in [0.5, 0.6) is 0 Å².